The van der Waals surface area contributed by atoms with Gasteiger partial charge in [-0.05, 0) is 24.3 Å². The first-order valence-corrected chi connectivity index (χ1v) is 6.36. The maximum Gasteiger partial charge on any atom is 0.326 e. The average Bonchev–Trinajstić information content (AvgIpc) is 2.96. The van der Waals surface area contributed by atoms with E-state index in [0.717, 1.165) is 11.3 Å². The van der Waals surface area contributed by atoms with E-state index in [0.29, 0.717) is 19.5 Å². The molecule has 2 heterocycles. The van der Waals surface area contributed by atoms with Gasteiger partial charge in [-0.15, -0.1) is 11.3 Å². The van der Waals surface area contributed by atoms with Gasteiger partial charge in [-0.1, -0.05) is 6.07 Å². The van der Waals surface area contributed by atoms with Crippen LogP contribution in [-0.4, -0.2) is 34.6 Å². The Labute approximate surface area is 103 Å². The molecule has 5 nitrogen and oxygen atoms in total. The van der Waals surface area contributed by atoms with Gasteiger partial charge in [0.05, 0.1) is 6.54 Å². The number of nitrogens with zero attached hydrogens (tertiary/aromatic N) is 1. The highest BCUT2D eigenvalue weighted by Gasteiger charge is 2.33. The van der Waals surface area contributed by atoms with Crippen molar-refractivity contribution >= 4 is 23.3 Å². The molecule has 2 rings (SSSR count). The Kier molecular flexibility index (Phi) is 3.63. The fourth-order valence-corrected chi connectivity index (χ4v) is 2.59. The third kappa shape index (κ3) is 2.76. The number of amides is 2. The zero-order valence-electron chi connectivity index (χ0n) is 9.26. The molecule has 0 radical (unpaired) electrons. The van der Waals surface area contributed by atoms with Crippen LogP contribution in [0.3, 0.4) is 0 Å². The first-order chi connectivity index (χ1) is 8.18. The molecule has 0 saturated carbocycles. The van der Waals surface area contributed by atoms with E-state index in [1.54, 1.807) is 11.3 Å². The monoisotopic (exact) mass is 254 g/mol. The summed E-state index contributed by atoms with van der Waals surface area (Å²) >= 11 is 1.56. The number of carbonyl (C=O) groups excluding carboxylic acids is 1. The maximum atomic E-state index is 11.8. The molecule has 92 valence electrons. The number of nitrogens with one attached hydrogen (secondary N) is 1. The molecular weight excluding hydrogens is 240 g/mol. The van der Waals surface area contributed by atoms with E-state index < -0.39 is 12.0 Å². The molecule has 6 heteroatoms. The normalized spacial score (nSPS) is 19.3. The van der Waals surface area contributed by atoms with E-state index in [1.165, 1.54) is 4.90 Å². The van der Waals surface area contributed by atoms with E-state index in [9.17, 15) is 9.59 Å². The number of carboxylic acid groups (broad SMARTS) is 1. The Hall–Kier alpha value is -1.56. The summed E-state index contributed by atoms with van der Waals surface area (Å²) in [5, 5.41) is 13.7. The van der Waals surface area contributed by atoms with Gasteiger partial charge in [-0.3, -0.25) is 0 Å². The number of carbonyl (C=O) groups is 2. The van der Waals surface area contributed by atoms with E-state index in [4.69, 9.17) is 5.11 Å². The number of hydrogen-bond acceptors (Lipinski definition) is 3. The van der Waals surface area contributed by atoms with Crippen LogP contribution in [0.25, 0.3) is 0 Å². The lowest BCUT2D eigenvalue weighted by Crippen LogP contribution is -2.45. The second-order valence-electron chi connectivity index (χ2n) is 3.93. The zero-order chi connectivity index (χ0) is 12.3. The van der Waals surface area contributed by atoms with Gasteiger partial charge in [0.1, 0.15) is 6.04 Å². The predicted octanol–water partition coefficient (Wildman–Crippen LogP) is 1.51. The molecule has 17 heavy (non-hydrogen) atoms. The molecule has 0 bridgehead atoms. The van der Waals surface area contributed by atoms with E-state index in [-0.39, 0.29) is 6.03 Å². The third-order valence-corrected chi connectivity index (χ3v) is 3.67. The number of hydrogen-bond donors (Lipinski definition) is 2. The molecule has 1 aromatic rings. The van der Waals surface area contributed by atoms with Gasteiger partial charge in [-0.25, -0.2) is 9.59 Å². The number of urea groups is 1. The minimum atomic E-state index is -0.922. The van der Waals surface area contributed by atoms with Gasteiger partial charge in [0.2, 0.25) is 0 Å². The van der Waals surface area contributed by atoms with Crippen LogP contribution in [0.4, 0.5) is 4.79 Å². The highest BCUT2D eigenvalue weighted by Crippen LogP contribution is 2.17. The van der Waals surface area contributed by atoms with Crippen LogP contribution in [0, 0.1) is 0 Å². The van der Waals surface area contributed by atoms with Crippen LogP contribution in [-0.2, 0) is 11.3 Å². The van der Waals surface area contributed by atoms with Crippen molar-refractivity contribution < 1.29 is 14.7 Å². The molecule has 1 saturated heterocycles. The van der Waals surface area contributed by atoms with Crippen molar-refractivity contribution in [2.75, 3.05) is 6.54 Å². The second-order valence-corrected chi connectivity index (χ2v) is 4.96. The quantitative estimate of drug-likeness (QED) is 0.859. The lowest BCUT2D eigenvalue weighted by atomic mass is 10.2. The lowest BCUT2D eigenvalue weighted by Gasteiger charge is -2.21. The molecule has 1 aromatic heterocycles. The van der Waals surface area contributed by atoms with Crippen LogP contribution in [0.2, 0.25) is 0 Å². The SMILES string of the molecule is O=C(O)[C@H]1CCCN1C(=O)NCc1cccs1. The smallest absolute Gasteiger partial charge is 0.326 e. The highest BCUT2D eigenvalue weighted by atomic mass is 32.1. The molecular formula is C11H14N2O3S. The van der Waals surface area contributed by atoms with Gasteiger partial charge >= 0.3 is 12.0 Å². The number of thiophene rings is 1. The largest absolute Gasteiger partial charge is 0.480 e. The van der Waals surface area contributed by atoms with Gasteiger partial charge < -0.3 is 15.3 Å². The van der Waals surface area contributed by atoms with E-state index >= 15 is 0 Å². The number of likely N-dealkylation sites (tertiary alicyclic amines) is 1. The van der Waals surface area contributed by atoms with Crippen LogP contribution in [0.5, 0.6) is 0 Å². The Balaban J connectivity index is 1.89. The Morgan fingerprint density at radius 3 is 3.06 bits per heavy atom. The summed E-state index contributed by atoms with van der Waals surface area (Å²) in [7, 11) is 0. The topological polar surface area (TPSA) is 69.6 Å². The van der Waals surface area contributed by atoms with Crippen LogP contribution >= 0.6 is 11.3 Å². The number of carboxylic acids is 1. The predicted molar refractivity (Wildman–Crippen MR) is 63.9 cm³/mol. The standard InChI is InChI=1S/C11H14N2O3S/c14-10(15)9-4-1-5-13(9)11(16)12-7-8-3-2-6-17-8/h2-3,6,9H,1,4-5,7H2,(H,12,16)(H,14,15)/t9-/m1/s1. The summed E-state index contributed by atoms with van der Waals surface area (Å²) in [6, 6.07) is 2.90. The lowest BCUT2D eigenvalue weighted by molar-refractivity contribution is -0.141. The van der Waals surface area contributed by atoms with Crippen molar-refractivity contribution in [2.45, 2.75) is 25.4 Å². The van der Waals surface area contributed by atoms with Crippen molar-refractivity contribution in [3.63, 3.8) is 0 Å². The van der Waals surface area contributed by atoms with Crippen LogP contribution in [0.15, 0.2) is 17.5 Å². The molecule has 1 atom stereocenters. The number of aliphatic carboxylic acids is 1. The Morgan fingerprint density at radius 2 is 2.41 bits per heavy atom. The molecule has 1 aliphatic rings. The third-order valence-electron chi connectivity index (χ3n) is 2.79. The number of rotatable bonds is 3. The van der Waals surface area contributed by atoms with Gasteiger partial charge in [0.15, 0.2) is 0 Å². The second kappa shape index (κ2) is 5.18. The molecule has 0 spiro atoms. The van der Waals surface area contributed by atoms with Crippen LogP contribution in [0.1, 0.15) is 17.7 Å². The summed E-state index contributed by atoms with van der Waals surface area (Å²) in [5.74, 6) is -0.922. The van der Waals surface area contributed by atoms with Crippen LogP contribution < -0.4 is 5.32 Å². The summed E-state index contributed by atoms with van der Waals surface area (Å²) in [4.78, 5) is 25.2. The van der Waals surface area contributed by atoms with E-state index in [2.05, 4.69) is 5.32 Å². The van der Waals surface area contributed by atoms with Crippen molar-refractivity contribution in [1.29, 1.82) is 0 Å². The van der Waals surface area contributed by atoms with Crippen molar-refractivity contribution in [3.8, 4) is 0 Å². The fraction of sp³-hybridized carbons (Fsp3) is 0.455. The van der Waals surface area contributed by atoms with Gasteiger partial charge in [0, 0.05) is 11.4 Å². The molecule has 0 aliphatic carbocycles. The molecule has 1 aliphatic heterocycles. The summed E-state index contributed by atoms with van der Waals surface area (Å²) < 4.78 is 0. The first-order valence-electron chi connectivity index (χ1n) is 5.48. The maximum absolute atomic E-state index is 11.8. The fourth-order valence-electron chi connectivity index (χ4n) is 1.94. The molecule has 0 aromatic carbocycles. The van der Waals surface area contributed by atoms with Crippen molar-refractivity contribution in [2.24, 2.45) is 0 Å². The molecule has 1 fully saturated rings. The van der Waals surface area contributed by atoms with E-state index in [1.807, 2.05) is 17.5 Å². The summed E-state index contributed by atoms with van der Waals surface area (Å²) in [6.07, 6.45) is 1.30. The molecule has 0 unspecified atom stereocenters. The average molecular weight is 254 g/mol. The zero-order valence-corrected chi connectivity index (χ0v) is 10.1. The van der Waals surface area contributed by atoms with Crippen molar-refractivity contribution in [1.82, 2.24) is 10.2 Å². The molecule has 2 amide bonds. The Morgan fingerprint density at radius 1 is 1.59 bits per heavy atom. The molecule has 2 N–H and O–H groups in total. The van der Waals surface area contributed by atoms with Crippen molar-refractivity contribution in [3.05, 3.63) is 22.4 Å². The summed E-state index contributed by atoms with van der Waals surface area (Å²) in [6.45, 7) is 0.979. The first kappa shape index (κ1) is 11.9. The van der Waals surface area contributed by atoms with Gasteiger partial charge in [-0.2, -0.15) is 0 Å². The summed E-state index contributed by atoms with van der Waals surface area (Å²) in [5.41, 5.74) is 0. The Bertz CT molecular complexity index is 405. The highest BCUT2D eigenvalue weighted by molar-refractivity contribution is 7.09. The minimum absolute atomic E-state index is 0.289. The minimum Gasteiger partial charge on any atom is -0.480 e. The van der Waals surface area contributed by atoms with Gasteiger partial charge in [0.25, 0.3) is 0 Å².